The second-order valence-corrected chi connectivity index (χ2v) is 4.36. The number of hydrogen-bond acceptors (Lipinski definition) is 3. The molecule has 1 aromatic heterocycles. The molecule has 4 heteroatoms. The van der Waals surface area contributed by atoms with E-state index in [2.05, 4.69) is 4.98 Å². The summed E-state index contributed by atoms with van der Waals surface area (Å²) in [6.07, 6.45) is 6.88. The fourth-order valence-electron chi connectivity index (χ4n) is 2.51. The highest BCUT2D eigenvalue weighted by Crippen LogP contribution is 2.36. The third kappa shape index (κ3) is 1.48. The van der Waals surface area contributed by atoms with Crippen LogP contribution < -0.4 is 4.90 Å². The zero-order chi connectivity index (χ0) is 11.8. The van der Waals surface area contributed by atoms with E-state index in [1.807, 2.05) is 12.2 Å². The van der Waals surface area contributed by atoms with Crippen molar-refractivity contribution in [2.24, 2.45) is 11.8 Å². The van der Waals surface area contributed by atoms with Crippen LogP contribution in [0, 0.1) is 11.8 Å². The number of allylic oxidation sites excluding steroid dienone is 2. The van der Waals surface area contributed by atoms with Gasteiger partial charge in [0.2, 0.25) is 11.8 Å². The van der Waals surface area contributed by atoms with Gasteiger partial charge in [-0.05, 0) is 25.0 Å². The van der Waals surface area contributed by atoms with E-state index in [1.165, 1.54) is 4.90 Å². The van der Waals surface area contributed by atoms with Crippen molar-refractivity contribution in [1.82, 2.24) is 4.98 Å². The van der Waals surface area contributed by atoms with Gasteiger partial charge in [-0.15, -0.1) is 0 Å². The highest BCUT2D eigenvalue weighted by atomic mass is 16.2. The summed E-state index contributed by atoms with van der Waals surface area (Å²) in [5, 5.41) is 0. The van der Waals surface area contributed by atoms with E-state index in [4.69, 9.17) is 0 Å². The van der Waals surface area contributed by atoms with Crippen LogP contribution in [0.3, 0.4) is 0 Å². The smallest absolute Gasteiger partial charge is 0.239 e. The molecule has 2 aliphatic rings. The third-order valence-corrected chi connectivity index (χ3v) is 3.39. The van der Waals surface area contributed by atoms with Gasteiger partial charge >= 0.3 is 0 Å². The Balaban J connectivity index is 1.98. The molecule has 86 valence electrons. The molecule has 1 aliphatic heterocycles. The molecule has 2 atom stereocenters. The molecule has 1 aliphatic carbocycles. The zero-order valence-electron chi connectivity index (χ0n) is 9.24. The summed E-state index contributed by atoms with van der Waals surface area (Å²) in [6.45, 7) is 0. The van der Waals surface area contributed by atoms with Crippen molar-refractivity contribution in [2.75, 3.05) is 4.90 Å². The molecule has 0 radical (unpaired) electrons. The average molecular weight is 228 g/mol. The van der Waals surface area contributed by atoms with Gasteiger partial charge in [0, 0.05) is 6.20 Å². The van der Waals surface area contributed by atoms with Crippen LogP contribution in [0.15, 0.2) is 36.5 Å². The van der Waals surface area contributed by atoms with Crippen LogP contribution >= 0.6 is 0 Å². The topological polar surface area (TPSA) is 50.3 Å². The Kier molecular flexibility index (Phi) is 2.28. The lowest BCUT2D eigenvalue weighted by atomic mass is 9.85. The van der Waals surface area contributed by atoms with Crippen LogP contribution in [-0.2, 0) is 9.59 Å². The Morgan fingerprint density at radius 3 is 2.24 bits per heavy atom. The lowest BCUT2D eigenvalue weighted by Crippen LogP contribution is -2.31. The number of fused-ring (bicyclic) bond motifs is 1. The summed E-state index contributed by atoms with van der Waals surface area (Å²) in [5.41, 5.74) is 0. The van der Waals surface area contributed by atoms with Crippen molar-refractivity contribution in [3.8, 4) is 0 Å². The predicted octanol–water partition coefficient (Wildman–Crippen LogP) is 1.54. The summed E-state index contributed by atoms with van der Waals surface area (Å²) in [7, 11) is 0. The summed E-state index contributed by atoms with van der Waals surface area (Å²) in [4.78, 5) is 29.7. The molecule has 2 amide bonds. The maximum atomic E-state index is 12.2. The summed E-state index contributed by atoms with van der Waals surface area (Å²) in [5.74, 6) is -0.146. The summed E-state index contributed by atoms with van der Waals surface area (Å²) in [6, 6.07) is 5.24. The normalized spacial score (nSPS) is 27.4. The van der Waals surface area contributed by atoms with Crippen LogP contribution in [0.5, 0.6) is 0 Å². The zero-order valence-corrected chi connectivity index (χ0v) is 9.24. The molecule has 1 aromatic rings. The minimum atomic E-state index is -0.186. The molecule has 0 N–H and O–H groups in total. The third-order valence-electron chi connectivity index (χ3n) is 3.39. The van der Waals surface area contributed by atoms with Crippen molar-refractivity contribution in [2.45, 2.75) is 12.8 Å². The monoisotopic (exact) mass is 228 g/mol. The lowest BCUT2D eigenvalue weighted by Gasteiger charge is -2.14. The SMILES string of the molecule is O=C1[C@H]2CC=CC[C@H]2C(=O)N1c1ccccn1. The number of carbonyl (C=O) groups is 2. The van der Waals surface area contributed by atoms with Crippen molar-refractivity contribution < 1.29 is 9.59 Å². The Morgan fingerprint density at radius 1 is 1.06 bits per heavy atom. The highest BCUT2D eigenvalue weighted by molar-refractivity contribution is 6.21. The number of hydrogen-bond donors (Lipinski definition) is 0. The van der Waals surface area contributed by atoms with Crippen LogP contribution in [-0.4, -0.2) is 16.8 Å². The molecule has 0 spiro atoms. The molecular formula is C13H12N2O2. The minimum Gasteiger partial charge on any atom is -0.274 e. The van der Waals surface area contributed by atoms with Gasteiger partial charge in [0.15, 0.2) is 0 Å². The van der Waals surface area contributed by atoms with Crippen molar-refractivity contribution in [1.29, 1.82) is 0 Å². The van der Waals surface area contributed by atoms with Gasteiger partial charge in [-0.25, -0.2) is 9.88 Å². The Labute approximate surface area is 99.0 Å². The van der Waals surface area contributed by atoms with Crippen LogP contribution in [0.2, 0.25) is 0 Å². The van der Waals surface area contributed by atoms with Crippen molar-refractivity contribution in [3.05, 3.63) is 36.5 Å². The molecule has 0 aromatic carbocycles. The van der Waals surface area contributed by atoms with E-state index in [0.29, 0.717) is 18.7 Å². The van der Waals surface area contributed by atoms with Gasteiger partial charge in [0.05, 0.1) is 11.8 Å². The van der Waals surface area contributed by atoms with Gasteiger partial charge in [-0.1, -0.05) is 18.2 Å². The van der Waals surface area contributed by atoms with E-state index in [9.17, 15) is 9.59 Å². The lowest BCUT2D eigenvalue weighted by molar-refractivity contribution is -0.122. The second kappa shape index (κ2) is 3.80. The standard InChI is InChI=1S/C13H12N2O2/c16-12-9-5-1-2-6-10(9)13(17)15(12)11-7-3-4-8-14-11/h1-4,7-10H,5-6H2/t9-,10+. The fraction of sp³-hybridized carbons (Fsp3) is 0.308. The molecule has 17 heavy (non-hydrogen) atoms. The Hall–Kier alpha value is -1.97. The van der Waals surface area contributed by atoms with E-state index >= 15 is 0 Å². The molecule has 4 nitrogen and oxygen atoms in total. The first kappa shape index (κ1) is 10.2. The fourth-order valence-corrected chi connectivity index (χ4v) is 2.51. The molecule has 1 saturated heterocycles. The number of imide groups is 1. The first-order valence-electron chi connectivity index (χ1n) is 5.73. The number of anilines is 1. The number of nitrogens with zero attached hydrogens (tertiary/aromatic N) is 2. The van der Waals surface area contributed by atoms with E-state index < -0.39 is 0 Å². The van der Waals surface area contributed by atoms with Gasteiger partial charge < -0.3 is 0 Å². The highest BCUT2D eigenvalue weighted by Gasteiger charge is 2.48. The van der Waals surface area contributed by atoms with Gasteiger partial charge in [0.25, 0.3) is 0 Å². The predicted molar refractivity (Wildman–Crippen MR) is 62.1 cm³/mol. The molecule has 0 unspecified atom stereocenters. The van der Waals surface area contributed by atoms with E-state index in [0.717, 1.165) is 0 Å². The molecule has 0 saturated carbocycles. The van der Waals surface area contributed by atoms with Crippen molar-refractivity contribution in [3.63, 3.8) is 0 Å². The minimum absolute atomic E-state index is 0.108. The van der Waals surface area contributed by atoms with Gasteiger partial charge in [-0.3, -0.25) is 9.59 Å². The molecule has 2 heterocycles. The number of rotatable bonds is 1. The molecule has 0 bridgehead atoms. The quantitative estimate of drug-likeness (QED) is 0.541. The van der Waals surface area contributed by atoms with Crippen molar-refractivity contribution >= 4 is 17.6 Å². The molecular weight excluding hydrogens is 216 g/mol. The number of pyridine rings is 1. The number of carbonyl (C=O) groups excluding carboxylic acids is 2. The van der Waals surface area contributed by atoms with Gasteiger partial charge in [-0.2, -0.15) is 0 Å². The largest absolute Gasteiger partial charge is 0.274 e. The van der Waals surface area contributed by atoms with E-state index in [-0.39, 0.29) is 23.7 Å². The first-order valence-corrected chi connectivity index (χ1v) is 5.73. The average Bonchev–Trinajstić information content (AvgIpc) is 2.64. The van der Waals surface area contributed by atoms with Crippen LogP contribution in [0.1, 0.15) is 12.8 Å². The van der Waals surface area contributed by atoms with Gasteiger partial charge in [0.1, 0.15) is 5.82 Å². The Morgan fingerprint density at radius 2 is 1.71 bits per heavy atom. The summed E-state index contributed by atoms with van der Waals surface area (Å²) >= 11 is 0. The number of aromatic nitrogens is 1. The van der Waals surface area contributed by atoms with E-state index in [1.54, 1.807) is 24.4 Å². The molecule has 3 rings (SSSR count). The maximum absolute atomic E-state index is 12.2. The maximum Gasteiger partial charge on any atom is 0.239 e. The number of amides is 2. The van der Waals surface area contributed by atoms with Crippen LogP contribution in [0.4, 0.5) is 5.82 Å². The Bertz CT molecular complexity index is 469. The molecule has 1 fully saturated rings. The second-order valence-electron chi connectivity index (χ2n) is 4.36. The first-order chi connectivity index (χ1) is 8.29. The van der Waals surface area contributed by atoms with Crippen LogP contribution in [0.25, 0.3) is 0 Å². The summed E-state index contributed by atoms with van der Waals surface area (Å²) < 4.78 is 0.